The third kappa shape index (κ3) is 4.07. The molecule has 0 aliphatic carbocycles. The Bertz CT molecular complexity index is 487. The second-order valence-corrected chi connectivity index (χ2v) is 7.84. The van der Waals surface area contributed by atoms with Crippen LogP contribution in [0.3, 0.4) is 0 Å². The molecule has 0 unspecified atom stereocenters. The van der Waals surface area contributed by atoms with Crippen LogP contribution in [0.4, 0.5) is 0 Å². The van der Waals surface area contributed by atoms with Crippen molar-refractivity contribution in [1.29, 1.82) is 0 Å². The number of thiophene rings is 1. The van der Waals surface area contributed by atoms with Gasteiger partial charge in [0.1, 0.15) is 0 Å². The fourth-order valence-corrected chi connectivity index (χ4v) is 4.01. The quantitative estimate of drug-likeness (QED) is 0.901. The molecule has 21 heavy (non-hydrogen) atoms. The zero-order valence-corrected chi connectivity index (χ0v) is 14.6. The monoisotopic (exact) mass is 308 g/mol. The van der Waals surface area contributed by atoms with Gasteiger partial charge in [-0.15, -0.1) is 11.3 Å². The largest absolute Gasteiger partial charge is 0.350 e. The molecule has 1 aliphatic heterocycles. The summed E-state index contributed by atoms with van der Waals surface area (Å²) < 4.78 is 0. The van der Waals surface area contributed by atoms with Crippen LogP contribution in [0.15, 0.2) is 6.07 Å². The summed E-state index contributed by atoms with van der Waals surface area (Å²) in [6.45, 7) is 11.7. The first kappa shape index (κ1) is 16.5. The third-order valence-electron chi connectivity index (χ3n) is 4.52. The lowest BCUT2D eigenvalue weighted by Crippen LogP contribution is -2.53. The molecule has 2 heterocycles. The van der Waals surface area contributed by atoms with E-state index >= 15 is 0 Å². The SMILES string of the molecule is CCc1cc(C(=O)NCC(C)(C)N2CCCCC2)sc1C. The number of amides is 1. The van der Waals surface area contributed by atoms with Gasteiger partial charge in [0.2, 0.25) is 0 Å². The topological polar surface area (TPSA) is 32.3 Å². The van der Waals surface area contributed by atoms with Crippen LogP contribution in [0.2, 0.25) is 0 Å². The van der Waals surface area contributed by atoms with Gasteiger partial charge in [0.05, 0.1) is 4.88 Å². The van der Waals surface area contributed by atoms with Crippen LogP contribution in [-0.4, -0.2) is 36.0 Å². The molecule has 0 radical (unpaired) electrons. The first-order chi connectivity index (χ1) is 9.94. The van der Waals surface area contributed by atoms with E-state index in [2.05, 4.69) is 37.9 Å². The molecule has 1 aromatic rings. The van der Waals surface area contributed by atoms with Crippen molar-refractivity contribution in [2.75, 3.05) is 19.6 Å². The maximum absolute atomic E-state index is 12.3. The molecule has 0 spiro atoms. The highest BCUT2D eigenvalue weighted by molar-refractivity contribution is 7.14. The van der Waals surface area contributed by atoms with Crippen molar-refractivity contribution in [3.05, 3.63) is 21.4 Å². The zero-order valence-electron chi connectivity index (χ0n) is 13.8. The minimum atomic E-state index is 0.0377. The number of nitrogens with zero attached hydrogens (tertiary/aromatic N) is 1. The molecule has 0 bridgehead atoms. The molecule has 1 saturated heterocycles. The van der Waals surface area contributed by atoms with Crippen molar-refractivity contribution in [3.63, 3.8) is 0 Å². The van der Waals surface area contributed by atoms with E-state index in [0.29, 0.717) is 6.54 Å². The molecule has 0 atom stereocenters. The smallest absolute Gasteiger partial charge is 0.261 e. The average molecular weight is 308 g/mol. The van der Waals surface area contributed by atoms with Crippen LogP contribution in [0, 0.1) is 6.92 Å². The number of rotatable bonds is 5. The lowest BCUT2D eigenvalue weighted by atomic mass is 9.98. The molecule has 0 saturated carbocycles. The zero-order chi connectivity index (χ0) is 15.5. The average Bonchev–Trinajstić information content (AvgIpc) is 2.87. The van der Waals surface area contributed by atoms with Gasteiger partial charge < -0.3 is 5.32 Å². The predicted molar refractivity (Wildman–Crippen MR) is 90.3 cm³/mol. The Balaban J connectivity index is 1.92. The van der Waals surface area contributed by atoms with Gasteiger partial charge in [-0.2, -0.15) is 0 Å². The number of nitrogens with one attached hydrogen (secondary N) is 1. The highest BCUT2D eigenvalue weighted by Gasteiger charge is 2.28. The molecule has 2 rings (SSSR count). The van der Waals surface area contributed by atoms with Gasteiger partial charge in [-0.1, -0.05) is 13.3 Å². The Morgan fingerprint density at radius 2 is 2.00 bits per heavy atom. The van der Waals surface area contributed by atoms with E-state index < -0.39 is 0 Å². The number of hydrogen-bond acceptors (Lipinski definition) is 3. The number of hydrogen-bond donors (Lipinski definition) is 1. The molecule has 4 heteroatoms. The van der Waals surface area contributed by atoms with Gasteiger partial charge in [-0.3, -0.25) is 9.69 Å². The second kappa shape index (κ2) is 6.93. The Labute approximate surface area is 132 Å². The van der Waals surface area contributed by atoms with Gasteiger partial charge in [-0.25, -0.2) is 0 Å². The molecule has 1 N–H and O–H groups in total. The molecule has 1 amide bonds. The molecular weight excluding hydrogens is 280 g/mol. The van der Waals surface area contributed by atoms with Crippen LogP contribution >= 0.6 is 11.3 Å². The minimum Gasteiger partial charge on any atom is -0.350 e. The van der Waals surface area contributed by atoms with Crippen LogP contribution in [0.1, 0.15) is 60.1 Å². The summed E-state index contributed by atoms with van der Waals surface area (Å²) in [4.78, 5) is 17.0. The standard InChI is InChI=1S/C17H28N2OS/c1-5-14-11-15(21-13(14)2)16(20)18-12-17(3,4)19-9-7-6-8-10-19/h11H,5-10,12H2,1-4H3,(H,18,20). The Hall–Kier alpha value is -0.870. The second-order valence-electron chi connectivity index (χ2n) is 6.59. The number of piperidine rings is 1. The van der Waals surface area contributed by atoms with Gasteiger partial charge in [0.25, 0.3) is 5.91 Å². The van der Waals surface area contributed by atoms with Crippen molar-refractivity contribution >= 4 is 17.2 Å². The minimum absolute atomic E-state index is 0.0377. The lowest BCUT2D eigenvalue weighted by molar-refractivity contribution is 0.0800. The highest BCUT2D eigenvalue weighted by Crippen LogP contribution is 2.23. The fourth-order valence-electron chi connectivity index (χ4n) is 2.98. The molecule has 1 aromatic heterocycles. The Kier molecular flexibility index (Phi) is 5.44. The summed E-state index contributed by atoms with van der Waals surface area (Å²) in [6, 6.07) is 2.04. The Morgan fingerprint density at radius 3 is 2.57 bits per heavy atom. The predicted octanol–water partition coefficient (Wildman–Crippen LogP) is 3.61. The summed E-state index contributed by atoms with van der Waals surface area (Å²) in [7, 11) is 0. The summed E-state index contributed by atoms with van der Waals surface area (Å²) in [5.74, 6) is 0.0767. The first-order valence-electron chi connectivity index (χ1n) is 8.06. The van der Waals surface area contributed by atoms with Crippen LogP contribution in [0.5, 0.6) is 0 Å². The van der Waals surface area contributed by atoms with Gasteiger partial charge in [0, 0.05) is 17.0 Å². The summed E-state index contributed by atoms with van der Waals surface area (Å²) in [6.07, 6.45) is 4.89. The lowest BCUT2D eigenvalue weighted by Gasteiger charge is -2.41. The van der Waals surface area contributed by atoms with E-state index in [9.17, 15) is 4.79 Å². The highest BCUT2D eigenvalue weighted by atomic mass is 32.1. The van der Waals surface area contributed by atoms with Crippen molar-refractivity contribution in [3.8, 4) is 0 Å². The van der Waals surface area contributed by atoms with E-state index in [1.807, 2.05) is 6.07 Å². The van der Waals surface area contributed by atoms with Crippen molar-refractivity contribution < 1.29 is 4.79 Å². The van der Waals surface area contributed by atoms with Gasteiger partial charge >= 0.3 is 0 Å². The maximum atomic E-state index is 12.3. The first-order valence-corrected chi connectivity index (χ1v) is 8.88. The molecule has 1 aliphatic rings. The summed E-state index contributed by atoms with van der Waals surface area (Å²) in [5.41, 5.74) is 1.33. The number of likely N-dealkylation sites (tertiary alicyclic amines) is 1. The van der Waals surface area contributed by atoms with E-state index in [1.54, 1.807) is 11.3 Å². The molecular formula is C17H28N2OS. The van der Waals surface area contributed by atoms with Crippen molar-refractivity contribution in [2.45, 2.75) is 58.9 Å². The van der Waals surface area contributed by atoms with E-state index in [1.165, 1.54) is 29.7 Å². The summed E-state index contributed by atoms with van der Waals surface area (Å²) in [5, 5.41) is 3.13. The van der Waals surface area contributed by atoms with E-state index in [4.69, 9.17) is 0 Å². The van der Waals surface area contributed by atoms with Crippen molar-refractivity contribution in [1.82, 2.24) is 10.2 Å². The fraction of sp³-hybridized carbons (Fsp3) is 0.706. The molecule has 0 aromatic carbocycles. The third-order valence-corrected chi connectivity index (χ3v) is 5.61. The maximum Gasteiger partial charge on any atom is 0.261 e. The normalized spacial score (nSPS) is 17.0. The molecule has 118 valence electrons. The van der Waals surface area contributed by atoms with Gasteiger partial charge in [0.15, 0.2) is 0 Å². The van der Waals surface area contributed by atoms with Crippen molar-refractivity contribution in [2.24, 2.45) is 0 Å². The summed E-state index contributed by atoms with van der Waals surface area (Å²) >= 11 is 1.61. The Morgan fingerprint density at radius 1 is 1.33 bits per heavy atom. The van der Waals surface area contributed by atoms with E-state index in [0.717, 1.165) is 24.4 Å². The van der Waals surface area contributed by atoms with E-state index in [-0.39, 0.29) is 11.4 Å². The molecule has 1 fully saturated rings. The van der Waals surface area contributed by atoms with Gasteiger partial charge in [-0.05, 0) is 64.8 Å². The number of carbonyl (C=O) groups excluding carboxylic acids is 1. The number of carbonyl (C=O) groups is 1. The van der Waals surface area contributed by atoms with Crippen LogP contribution in [-0.2, 0) is 6.42 Å². The number of aryl methyl sites for hydroxylation is 2. The van der Waals surface area contributed by atoms with Crippen LogP contribution in [0.25, 0.3) is 0 Å². The molecule has 3 nitrogen and oxygen atoms in total. The van der Waals surface area contributed by atoms with Crippen LogP contribution < -0.4 is 5.32 Å².